The Morgan fingerprint density at radius 3 is 2.58 bits per heavy atom. The number of carbonyl (C=O) groups is 1. The molecule has 0 amide bonds. The van der Waals surface area contributed by atoms with Gasteiger partial charge >= 0.3 is 0 Å². The SMILES string of the molecule is O=C(/C=C/c1ccc(COc2c(Cl)cccc2Cl)o1)c1ccc2c(c1)Nc1ccccc1S2. The Bertz CT molecular complexity index is 1360. The molecular weight excluding hydrogens is 477 g/mol. The topological polar surface area (TPSA) is 51.5 Å². The highest BCUT2D eigenvalue weighted by atomic mass is 35.5. The molecule has 0 bridgehead atoms. The smallest absolute Gasteiger partial charge is 0.186 e. The Morgan fingerprint density at radius 2 is 1.73 bits per heavy atom. The van der Waals surface area contributed by atoms with Crippen LogP contribution in [0.3, 0.4) is 0 Å². The second kappa shape index (κ2) is 9.40. The molecular formula is C26H17Cl2NO3S. The molecule has 1 aliphatic heterocycles. The molecule has 0 fully saturated rings. The first-order valence-electron chi connectivity index (χ1n) is 10.1. The molecule has 0 spiro atoms. The van der Waals surface area contributed by atoms with Crippen molar-refractivity contribution in [3.63, 3.8) is 0 Å². The molecule has 7 heteroatoms. The molecule has 0 saturated carbocycles. The Kier molecular flexibility index (Phi) is 6.18. The van der Waals surface area contributed by atoms with E-state index in [1.165, 1.54) is 11.0 Å². The van der Waals surface area contributed by atoms with Crippen molar-refractivity contribution >= 4 is 58.2 Å². The van der Waals surface area contributed by atoms with Gasteiger partial charge < -0.3 is 14.5 Å². The highest BCUT2D eigenvalue weighted by Gasteiger charge is 2.16. The lowest BCUT2D eigenvalue weighted by molar-refractivity contribution is 0.104. The van der Waals surface area contributed by atoms with Crippen LogP contribution in [-0.2, 0) is 6.61 Å². The van der Waals surface area contributed by atoms with E-state index in [1.807, 2.05) is 36.4 Å². The Morgan fingerprint density at radius 1 is 0.939 bits per heavy atom. The summed E-state index contributed by atoms with van der Waals surface area (Å²) < 4.78 is 11.4. The minimum absolute atomic E-state index is 0.111. The summed E-state index contributed by atoms with van der Waals surface area (Å²) in [5.41, 5.74) is 2.56. The summed E-state index contributed by atoms with van der Waals surface area (Å²) in [6.07, 6.45) is 3.14. The predicted molar refractivity (Wildman–Crippen MR) is 133 cm³/mol. The van der Waals surface area contributed by atoms with Gasteiger partial charge in [0, 0.05) is 15.4 Å². The summed E-state index contributed by atoms with van der Waals surface area (Å²) >= 11 is 13.9. The number of ketones is 1. The summed E-state index contributed by atoms with van der Waals surface area (Å²) in [6, 6.07) is 22.5. The van der Waals surface area contributed by atoms with E-state index in [0.717, 1.165) is 16.3 Å². The lowest BCUT2D eigenvalue weighted by atomic mass is 10.1. The van der Waals surface area contributed by atoms with E-state index in [0.29, 0.717) is 32.9 Å². The van der Waals surface area contributed by atoms with E-state index < -0.39 is 0 Å². The van der Waals surface area contributed by atoms with Crippen LogP contribution in [0.5, 0.6) is 5.75 Å². The van der Waals surface area contributed by atoms with Crippen LogP contribution in [0.25, 0.3) is 6.08 Å². The molecule has 0 radical (unpaired) electrons. The average molecular weight is 494 g/mol. The van der Waals surface area contributed by atoms with Crippen LogP contribution in [0.15, 0.2) is 93.1 Å². The van der Waals surface area contributed by atoms with Crippen LogP contribution < -0.4 is 10.1 Å². The average Bonchev–Trinajstić information content (AvgIpc) is 3.28. The monoisotopic (exact) mass is 493 g/mol. The van der Waals surface area contributed by atoms with Gasteiger partial charge in [0.2, 0.25) is 0 Å². The molecule has 3 aromatic carbocycles. The summed E-state index contributed by atoms with van der Waals surface area (Å²) in [4.78, 5) is 15.0. The maximum absolute atomic E-state index is 12.7. The van der Waals surface area contributed by atoms with Gasteiger partial charge in [-0.05, 0) is 66.7 Å². The number of carbonyl (C=O) groups excluding carboxylic acids is 1. The highest BCUT2D eigenvalue weighted by Crippen LogP contribution is 2.44. The molecule has 4 nitrogen and oxygen atoms in total. The lowest BCUT2D eigenvalue weighted by Crippen LogP contribution is -2.02. The van der Waals surface area contributed by atoms with Crippen LogP contribution in [0.1, 0.15) is 21.9 Å². The molecule has 0 saturated heterocycles. The number of ether oxygens (including phenoxy) is 1. The van der Waals surface area contributed by atoms with E-state index in [9.17, 15) is 4.79 Å². The number of hydrogen-bond acceptors (Lipinski definition) is 5. The number of halogens is 2. The van der Waals surface area contributed by atoms with E-state index in [4.69, 9.17) is 32.4 Å². The van der Waals surface area contributed by atoms with Crippen LogP contribution in [0.4, 0.5) is 11.4 Å². The number of furan rings is 1. The van der Waals surface area contributed by atoms with Crippen LogP contribution in [-0.4, -0.2) is 5.78 Å². The Labute approximate surface area is 205 Å². The maximum Gasteiger partial charge on any atom is 0.186 e. The van der Waals surface area contributed by atoms with Crippen LogP contribution in [0, 0.1) is 0 Å². The molecule has 0 atom stereocenters. The molecule has 1 N–H and O–H groups in total. The van der Waals surface area contributed by atoms with E-state index in [2.05, 4.69) is 11.4 Å². The predicted octanol–water partition coefficient (Wildman–Crippen LogP) is 8.27. The normalized spacial score (nSPS) is 12.2. The second-order valence-electron chi connectivity index (χ2n) is 7.28. The summed E-state index contributed by atoms with van der Waals surface area (Å²) in [6.45, 7) is 0.168. The van der Waals surface area contributed by atoms with Crippen molar-refractivity contribution in [3.8, 4) is 5.75 Å². The van der Waals surface area contributed by atoms with E-state index >= 15 is 0 Å². The van der Waals surface area contributed by atoms with Crippen molar-refractivity contribution < 1.29 is 13.9 Å². The number of fused-ring (bicyclic) bond motifs is 2. The first-order chi connectivity index (χ1) is 16.1. The van der Waals surface area contributed by atoms with Crippen molar-refractivity contribution in [3.05, 3.63) is 106 Å². The zero-order chi connectivity index (χ0) is 22.8. The summed E-state index contributed by atoms with van der Waals surface area (Å²) in [5.74, 6) is 1.44. The van der Waals surface area contributed by atoms with Crippen molar-refractivity contribution in [2.75, 3.05) is 5.32 Å². The van der Waals surface area contributed by atoms with Gasteiger partial charge in [0.15, 0.2) is 11.5 Å². The summed E-state index contributed by atoms with van der Waals surface area (Å²) in [5, 5.41) is 4.26. The van der Waals surface area contributed by atoms with Crippen molar-refractivity contribution in [2.45, 2.75) is 16.4 Å². The van der Waals surface area contributed by atoms with Gasteiger partial charge in [-0.15, -0.1) is 0 Å². The first kappa shape index (κ1) is 21.7. The third kappa shape index (κ3) is 4.81. The molecule has 5 rings (SSSR count). The molecule has 4 aromatic rings. The number of para-hydroxylation sites is 2. The zero-order valence-corrected chi connectivity index (χ0v) is 19.5. The minimum Gasteiger partial charge on any atom is -0.483 e. The fourth-order valence-electron chi connectivity index (χ4n) is 3.37. The molecule has 1 aliphatic rings. The van der Waals surface area contributed by atoms with Gasteiger partial charge in [0.1, 0.15) is 18.1 Å². The standard InChI is InChI=1S/C26H17Cl2NO3S/c27-19-4-3-5-20(28)26(19)31-15-18-10-9-17(32-18)11-12-23(30)16-8-13-25-22(14-16)29-21-6-1-2-7-24(21)33-25/h1-14,29H,15H2/b12-11+. The van der Waals surface area contributed by atoms with E-state index in [1.54, 1.807) is 48.2 Å². The third-order valence-electron chi connectivity index (χ3n) is 5.00. The fraction of sp³-hybridized carbons (Fsp3) is 0.0385. The molecule has 1 aromatic heterocycles. The number of anilines is 2. The number of nitrogens with one attached hydrogen (secondary N) is 1. The first-order valence-corrected chi connectivity index (χ1v) is 11.7. The molecule has 0 aliphatic carbocycles. The zero-order valence-electron chi connectivity index (χ0n) is 17.2. The van der Waals surface area contributed by atoms with Crippen molar-refractivity contribution in [2.24, 2.45) is 0 Å². The van der Waals surface area contributed by atoms with Crippen molar-refractivity contribution in [1.82, 2.24) is 0 Å². The highest BCUT2D eigenvalue weighted by molar-refractivity contribution is 7.99. The minimum atomic E-state index is -0.111. The molecule has 2 heterocycles. The summed E-state index contributed by atoms with van der Waals surface area (Å²) in [7, 11) is 0. The lowest BCUT2D eigenvalue weighted by Gasteiger charge is -2.20. The number of hydrogen-bond donors (Lipinski definition) is 1. The molecule has 33 heavy (non-hydrogen) atoms. The number of allylic oxidation sites excluding steroid dienone is 1. The van der Waals surface area contributed by atoms with Gasteiger partial charge in [-0.1, -0.05) is 53.2 Å². The molecule has 164 valence electrons. The van der Waals surface area contributed by atoms with Gasteiger partial charge in [-0.2, -0.15) is 0 Å². The van der Waals surface area contributed by atoms with Gasteiger partial charge in [0.25, 0.3) is 0 Å². The van der Waals surface area contributed by atoms with Crippen LogP contribution in [0.2, 0.25) is 10.0 Å². The number of rotatable bonds is 6. The van der Waals surface area contributed by atoms with Crippen molar-refractivity contribution in [1.29, 1.82) is 0 Å². The van der Waals surface area contributed by atoms with Gasteiger partial charge in [0.05, 0.1) is 21.4 Å². The van der Waals surface area contributed by atoms with Crippen LogP contribution >= 0.6 is 35.0 Å². The second-order valence-corrected chi connectivity index (χ2v) is 9.17. The van der Waals surface area contributed by atoms with Gasteiger partial charge in [-0.25, -0.2) is 0 Å². The largest absolute Gasteiger partial charge is 0.483 e. The fourth-order valence-corrected chi connectivity index (χ4v) is 4.85. The Hall–Kier alpha value is -3.12. The maximum atomic E-state index is 12.7. The third-order valence-corrected chi connectivity index (χ3v) is 6.75. The Balaban J connectivity index is 1.24. The van der Waals surface area contributed by atoms with E-state index in [-0.39, 0.29) is 12.4 Å². The number of benzene rings is 3. The molecule has 0 unspecified atom stereocenters. The van der Waals surface area contributed by atoms with Gasteiger partial charge in [-0.3, -0.25) is 4.79 Å². The quantitative estimate of drug-likeness (QED) is 0.190.